The predicted octanol–water partition coefficient (Wildman–Crippen LogP) is 3.78. The van der Waals surface area contributed by atoms with E-state index >= 15 is 0 Å². The van der Waals surface area contributed by atoms with Crippen molar-refractivity contribution >= 4 is 15.4 Å². The summed E-state index contributed by atoms with van der Waals surface area (Å²) in [4.78, 5) is 0.299. The molecule has 2 heterocycles. The summed E-state index contributed by atoms with van der Waals surface area (Å²) in [6.45, 7) is 2.04. The second-order valence-corrected chi connectivity index (χ2v) is 8.30. The molecule has 6 heteroatoms. The molecule has 0 unspecified atom stereocenters. The third-order valence-electron chi connectivity index (χ3n) is 4.32. The van der Waals surface area contributed by atoms with Gasteiger partial charge in [-0.2, -0.15) is 9.73 Å². The molecule has 4 rings (SSSR count). The number of aromatic nitrogens is 3. The molecular formula is C20H17N3O2S. The van der Waals surface area contributed by atoms with Gasteiger partial charge in [0.05, 0.1) is 10.4 Å². The Labute approximate surface area is 151 Å². The largest absolute Gasteiger partial charge is 0.224 e. The van der Waals surface area contributed by atoms with Gasteiger partial charge in [0.25, 0.3) is 0 Å². The summed E-state index contributed by atoms with van der Waals surface area (Å²) in [6.07, 6.45) is 2.90. The van der Waals surface area contributed by atoms with Crippen LogP contribution in [0.3, 0.4) is 0 Å². The third kappa shape index (κ3) is 2.88. The fraction of sp³-hybridized carbons (Fsp3) is 0.100. The molecule has 5 nitrogen and oxygen atoms in total. The molecule has 0 saturated carbocycles. The SMILES string of the molecule is Cc1ccc(-c2nn3ncccc3c2-c2ccc(S(C)(=O)=O)cc2)cc1. The van der Waals surface area contributed by atoms with Gasteiger partial charge in [-0.05, 0) is 36.8 Å². The lowest BCUT2D eigenvalue weighted by atomic mass is 9.99. The second kappa shape index (κ2) is 6.07. The van der Waals surface area contributed by atoms with Gasteiger partial charge in [0.1, 0.15) is 5.69 Å². The highest BCUT2D eigenvalue weighted by atomic mass is 32.2. The normalized spacial score (nSPS) is 11.8. The monoisotopic (exact) mass is 363 g/mol. The molecule has 0 amide bonds. The van der Waals surface area contributed by atoms with E-state index in [4.69, 9.17) is 0 Å². The van der Waals surface area contributed by atoms with E-state index in [0.29, 0.717) is 4.90 Å². The van der Waals surface area contributed by atoms with Crippen molar-refractivity contribution in [2.45, 2.75) is 11.8 Å². The molecule has 0 atom stereocenters. The molecule has 130 valence electrons. The minimum Gasteiger partial charge on any atom is -0.224 e. The van der Waals surface area contributed by atoms with Crippen LogP contribution in [-0.4, -0.2) is 29.5 Å². The molecule has 0 radical (unpaired) electrons. The molecular weight excluding hydrogens is 346 g/mol. The Morgan fingerprint density at radius 2 is 1.54 bits per heavy atom. The van der Waals surface area contributed by atoms with Crippen LogP contribution in [0.4, 0.5) is 0 Å². The van der Waals surface area contributed by atoms with E-state index in [0.717, 1.165) is 27.9 Å². The topological polar surface area (TPSA) is 64.3 Å². The minimum atomic E-state index is -3.23. The Kier molecular flexibility index (Phi) is 3.85. The van der Waals surface area contributed by atoms with E-state index in [1.165, 1.54) is 11.8 Å². The number of sulfone groups is 1. The van der Waals surface area contributed by atoms with Gasteiger partial charge < -0.3 is 0 Å². The van der Waals surface area contributed by atoms with E-state index in [-0.39, 0.29) is 0 Å². The van der Waals surface area contributed by atoms with E-state index in [2.05, 4.69) is 10.2 Å². The Hall–Kier alpha value is -2.99. The van der Waals surface area contributed by atoms with Crippen LogP contribution in [0.5, 0.6) is 0 Å². The van der Waals surface area contributed by atoms with Crippen molar-refractivity contribution < 1.29 is 8.42 Å². The van der Waals surface area contributed by atoms with Crippen molar-refractivity contribution in [3.8, 4) is 22.4 Å². The quantitative estimate of drug-likeness (QED) is 0.556. The summed E-state index contributed by atoms with van der Waals surface area (Å²) < 4.78 is 25.1. The summed E-state index contributed by atoms with van der Waals surface area (Å²) in [5.74, 6) is 0. The number of rotatable bonds is 3. The molecule has 0 fully saturated rings. The first-order valence-electron chi connectivity index (χ1n) is 8.15. The van der Waals surface area contributed by atoms with Crippen molar-refractivity contribution in [2.75, 3.05) is 6.26 Å². The lowest BCUT2D eigenvalue weighted by Gasteiger charge is -2.06. The summed E-state index contributed by atoms with van der Waals surface area (Å²) in [5, 5.41) is 8.95. The average molecular weight is 363 g/mol. The second-order valence-electron chi connectivity index (χ2n) is 6.28. The molecule has 2 aromatic carbocycles. The summed E-state index contributed by atoms with van der Waals surface area (Å²) in [7, 11) is -3.23. The van der Waals surface area contributed by atoms with Crippen molar-refractivity contribution in [3.63, 3.8) is 0 Å². The van der Waals surface area contributed by atoms with Crippen LogP contribution in [-0.2, 0) is 9.84 Å². The van der Waals surface area contributed by atoms with Gasteiger partial charge in [0.2, 0.25) is 0 Å². The third-order valence-corrected chi connectivity index (χ3v) is 5.44. The van der Waals surface area contributed by atoms with Crippen LogP contribution >= 0.6 is 0 Å². The maximum Gasteiger partial charge on any atom is 0.175 e. The van der Waals surface area contributed by atoms with E-state index in [9.17, 15) is 8.42 Å². The first kappa shape index (κ1) is 16.5. The van der Waals surface area contributed by atoms with Gasteiger partial charge in [0, 0.05) is 23.6 Å². The fourth-order valence-corrected chi connectivity index (χ4v) is 3.59. The summed E-state index contributed by atoms with van der Waals surface area (Å²) in [6, 6.07) is 18.9. The maximum atomic E-state index is 11.7. The van der Waals surface area contributed by atoms with Gasteiger partial charge in [-0.3, -0.25) is 0 Å². The molecule has 0 aliphatic carbocycles. The Balaban J connectivity index is 1.96. The van der Waals surface area contributed by atoms with Crippen LogP contribution in [0.1, 0.15) is 5.56 Å². The van der Waals surface area contributed by atoms with Gasteiger partial charge in [-0.1, -0.05) is 42.0 Å². The molecule has 0 spiro atoms. The van der Waals surface area contributed by atoms with Crippen LogP contribution in [0.2, 0.25) is 0 Å². The molecule has 4 aromatic rings. The number of hydrogen-bond donors (Lipinski definition) is 0. The minimum absolute atomic E-state index is 0.299. The smallest absolute Gasteiger partial charge is 0.175 e. The molecule has 0 aliphatic rings. The van der Waals surface area contributed by atoms with Crippen LogP contribution in [0.15, 0.2) is 71.8 Å². The summed E-state index contributed by atoms with van der Waals surface area (Å²) in [5.41, 5.74) is 5.68. The van der Waals surface area contributed by atoms with Gasteiger partial charge >= 0.3 is 0 Å². The molecule has 0 bridgehead atoms. The molecule has 2 aromatic heterocycles. The van der Waals surface area contributed by atoms with Gasteiger partial charge in [0.15, 0.2) is 9.84 Å². The summed E-state index contributed by atoms with van der Waals surface area (Å²) >= 11 is 0. The number of aryl methyl sites for hydroxylation is 1. The van der Waals surface area contributed by atoms with Crippen molar-refractivity contribution in [3.05, 3.63) is 72.4 Å². The highest BCUT2D eigenvalue weighted by molar-refractivity contribution is 7.90. The number of hydrogen-bond acceptors (Lipinski definition) is 4. The molecule has 0 aliphatic heterocycles. The number of benzene rings is 2. The van der Waals surface area contributed by atoms with Crippen LogP contribution in [0, 0.1) is 6.92 Å². The zero-order valence-corrected chi connectivity index (χ0v) is 15.2. The van der Waals surface area contributed by atoms with E-state index in [1.54, 1.807) is 23.0 Å². The van der Waals surface area contributed by atoms with E-state index in [1.807, 2.05) is 55.5 Å². The van der Waals surface area contributed by atoms with Crippen LogP contribution < -0.4 is 0 Å². The average Bonchev–Trinajstić information content (AvgIpc) is 3.01. The first-order valence-corrected chi connectivity index (χ1v) is 10.0. The zero-order chi connectivity index (χ0) is 18.3. The molecule has 0 saturated heterocycles. The standard InChI is InChI=1S/C20H17N3O2S/c1-14-5-7-16(8-6-14)20-19(18-4-3-13-21-23(18)22-20)15-9-11-17(12-10-15)26(2,24)25/h3-13H,1-2H3. The Bertz CT molecular complexity index is 1190. The van der Waals surface area contributed by atoms with Gasteiger partial charge in [-0.15, -0.1) is 5.10 Å². The predicted molar refractivity (Wildman–Crippen MR) is 102 cm³/mol. The van der Waals surface area contributed by atoms with Crippen LogP contribution in [0.25, 0.3) is 27.9 Å². The van der Waals surface area contributed by atoms with Crippen molar-refractivity contribution in [1.29, 1.82) is 0 Å². The molecule has 26 heavy (non-hydrogen) atoms. The first-order chi connectivity index (χ1) is 12.4. The van der Waals surface area contributed by atoms with Crippen molar-refractivity contribution in [1.82, 2.24) is 14.8 Å². The number of fused-ring (bicyclic) bond motifs is 1. The van der Waals surface area contributed by atoms with E-state index < -0.39 is 9.84 Å². The molecule has 0 N–H and O–H groups in total. The lowest BCUT2D eigenvalue weighted by Crippen LogP contribution is -1.96. The fourth-order valence-electron chi connectivity index (χ4n) is 2.96. The zero-order valence-electron chi connectivity index (χ0n) is 14.4. The lowest BCUT2D eigenvalue weighted by molar-refractivity contribution is 0.602. The van der Waals surface area contributed by atoms with Crippen molar-refractivity contribution in [2.24, 2.45) is 0 Å². The number of nitrogens with zero attached hydrogens (tertiary/aromatic N) is 3. The Morgan fingerprint density at radius 3 is 2.19 bits per heavy atom. The highest BCUT2D eigenvalue weighted by Gasteiger charge is 2.17. The highest BCUT2D eigenvalue weighted by Crippen LogP contribution is 2.35. The maximum absolute atomic E-state index is 11.7. The Morgan fingerprint density at radius 1 is 0.885 bits per heavy atom. The van der Waals surface area contributed by atoms with Gasteiger partial charge in [-0.25, -0.2) is 8.42 Å².